The summed E-state index contributed by atoms with van der Waals surface area (Å²) in [4.78, 5) is 14.3. The van der Waals surface area contributed by atoms with E-state index in [0.29, 0.717) is 6.54 Å². The molecule has 1 unspecified atom stereocenters. The minimum atomic E-state index is -0.449. The lowest BCUT2D eigenvalue weighted by Gasteiger charge is -2.45. The van der Waals surface area contributed by atoms with E-state index in [0.717, 1.165) is 49.2 Å². The largest absolute Gasteiger partial charge is 0.351 e. The van der Waals surface area contributed by atoms with E-state index in [2.05, 4.69) is 29.9 Å². The lowest BCUT2D eigenvalue weighted by atomic mass is 10.1. The van der Waals surface area contributed by atoms with Gasteiger partial charge in [0.15, 0.2) is 0 Å². The van der Waals surface area contributed by atoms with Crippen LogP contribution in [0.2, 0.25) is 0 Å². The molecule has 2 amide bonds. The quantitative estimate of drug-likeness (QED) is 0.745. The van der Waals surface area contributed by atoms with Crippen LogP contribution in [0.25, 0.3) is 0 Å². The number of halogens is 1. The number of aryl methyl sites for hydroxylation is 1. The van der Waals surface area contributed by atoms with E-state index in [1.165, 1.54) is 12.1 Å². The molecule has 1 atom stereocenters. The van der Waals surface area contributed by atoms with Gasteiger partial charge in [0.2, 0.25) is 0 Å². The molecule has 0 fully saturated rings. The molecule has 2 aromatic carbocycles. The number of para-hydroxylation sites is 1. The zero-order valence-corrected chi connectivity index (χ0v) is 16.6. The fraction of sp³-hybridized carbons (Fsp3) is 0.409. The highest BCUT2D eigenvalue weighted by atomic mass is 19.1. The van der Waals surface area contributed by atoms with Crippen LogP contribution in [0.5, 0.6) is 0 Å². The predicted molar refractivity (Wildman–Crippen MR) is 112 cm³/mol. The first kappa shape index (κ1) is 20.1. The number of hydrogen-bond donors (Lipinski definition) is 1. The molecular formula is C22H29FN4O. The minimum Gasteiger partial charge on any atom is -0.351 e. The van der Waals surface area contributed by atoms with Crippen LogP contribution in [0.1, 0.15) is 38.7 Å². The number of nitrogens with zero attached hydrogens (tertiary/aromatic N) is 3. The monoisotopic (exact) mass is 384 g/mol. The molecule has 5 nitrogen and oxygen atoms in total. The Morgan fingerprint density at radius 2 is 1.89 bits per heavy atom. The molecule has 1 aliphatic heterocycles. The van der Waals surface area contributed by atoms with Gasteiger partial charge in [0.05, 0.1) is 11.4 Å². The highest BCUT2D eigenvalue weighted by Gasteiger charge is 2.34. The Kier molecular flexibility index (Phi) is 6.52. The van der Waals surface area contributed by atoms with Gasteiger partial charge in [0.1, 0.15) is 12.0 Å². The summed E-state index contributed by atoms with van der Waals surface area (Å²) in [6, 6.07) is 14.0. The van der Waals surface area contributed by atoms with Crippen molar-refractivity contribution >= 4 is 17.4 Å². The second kappa shape index (κ2) is 9.06. The summed E-state index contributed by atoms with van der Waals surface area (Å²) in [7, 11) is 0. The number of carbonyl (C=O) groups excluding carboxylic acids is 1. The molecule has 1 heterocycles. The maximum atomic E-state index is 13.4. The fourth-order valence-corrected chi connectivity index (χ4v) is 4.06. The smallest absolute Gasteiger partial charge is 0.320 e. The van der Waals surface area contributed by atoms with Crippen LogP contribution < -0.4 is 15.6 Å². The molecule has 28 heavy (non-hydrogen) atoms. The lowest BCUT2D eigenvalue weighted by Crippen LogP contribution is -2.59. The van der Waals surface area contributed by atoms with Crippen molar-refractivity contribution in [3.05, 3.63) is 59.9 Å². The van der Waals surface area contributed by atoms with Gasteiger partial charge < -0.3 is 10.7 Å². The molecule has 0 radical (unpaired) electrons. The van der Waals surface area contributed by atoms with Crippen molar-refractivity contribution in [1.82, 2.24) is 5.01 Å². The first-order chi connectivity index (χ1) is 13.6. The topological polar surface area (TPSA) is 52.8 Å². The zero-order chi connectivity index (χ0) is 20.1. The average molecular weight is 384 g/mol. The zero-order valence-electron chi connectivity index (χ0n) is 16.6. The number of hydrazine groups is 1. The Morgan fingerprint density at radius 3 is 2.54 bits per heavy atom. The number of primary amides is 1. The van der Waals surface area contributed by atoms with Crippen molar-refractivity contribution in [3.8, 4) is 0 Å². The number of carbonyl (C=O) groups is 1. The van der Waals surface area contributed by atoms with E-state index in [1.54, 1.807) is 17.0 Å². The SMILES string of the molecule is CCCN(C1CCCc2ccccc2N1C(N)=O)N(CC)c1ccc(F)cc1. The van der Waals surface area contributed by atoms with Crippen molar-refractivity contribution in [2.75, 3.05) is 23.0 Å². The molecule has 6 heteroatoms. The predicted octanol–water partition coefficient (Wildman–Crippen LogP) is 4.53. The molecule has 0 saturated heterocycles. The molecule has 150 valence electrons. The Bertz CT molecular complexity index is 795. The number of benzene rings is 2. The van der Waals surface area contributed by atoms with Crippen molar-refractivity contribution in [2.24, 2.45) is 5.73 Å². The third-order valence-corrected chi connectivity index (χ3v) is 5.23. The number of nitrogens with two attached hydrogens (primary N) is 1. The minimum absolute atomic E-state index is 0.189. The third kappa shape index (κ3) is 4.12. The van der Waals surface area contributed by atoms with Gasteiger partial charge in [-0.15, -0.1) is 0 Å². The highest BCUT2D eigenvalue weighted by molar-refractivity contribution is 5.92. The van der Waals surface area contributed by atoms with Crippen molar-refractivity contribution < 1.29 is 9.18 Å². The van der Waals surface area contributed by atoms with Gasteiger partial charge in [0.25, 0.3) is 0 Å². The number of fused-ring (bicyclic) bond motifs is 1. The van der Waals surface area contributed by atoms with Crippen LogP contribution >= 0.6 is 0 Å². The summed E-state index contributed by atoms with van der Waals surface area (Å²) in [5, 5.41) is 4.33. The standard InChI is InChI=1S/C22H29FN4O/c1-3-16-26(25(4-2)19-14-12-18(23)13-15-19)21-11-7-9-17-8-5-6-10-20(17)27(21)22(24)28/h5-6,8,10,12-15,21H,3-4,7,9,11,16H2,1-2H3,(H2,24,28). The van der Waals surface area contributed by atoms with E-state index < -0.39 is 6.03 Å². The molecule has 0 spiro atoms. The summed E-state index contributed by atoms with van der Waals surface area (Å²) < 4.78 is 13.4. The summed E-state index contributed by atoms with van der Waals surface area (Å²) in [6.07, 6.45) is 3.43. The molecule has 0 aliphatic carbocycles. The number of rotatable bonds is 6. The van der Waals surface area contributed by atoms with Gasteiger partial charge in [-0.3, -0.25) is 4.90 Å². The van der Waals surface area contributed by atoms with Gasteiger partial charge in [0, 0.05) is 13.1 Å². The van der Waals surface area contributed by atoms with Crippen LogP contribution in [0.4, 0.5) is 20.6 Å². The molecule has 0 aromatic heterocycles. The van der Waals surface area contributed by atoms with E-state index in [4.69, 9.17) is 5.73 Å². The Labute approximate surface area is 166 Å². The van der Waals surface area contributed by atoms with Crippen LogP contribution in [-0.2, 0) is 6.42 Å². The van der Waals surface area contributed by atoms with Gasteiger partial charge in [-0.25, -0.2) is 9.18 Å². The molecule has 0 saturated carbocycles. The third-order valence-electron chi connectivity index (χ3n) is 5.23. The van der Waals surface area contributed by atoms with Gasteiger partial charge >= 0.3 is 6.03 Å². The molecule has 1 aliphatic rings. The normalized spacial score (nSPS) is 16.6. The summed E-state index contributed by atoms with van der Waals surface area (Å²) in [5.41, 5.74) is 8.80. The highest BCUT2D eigenvalue weighted by Crippen LogP contribution is 2.32. The molecular weight excluding hydrogens is 355 g/mol. The Balaban J connectivity index is 2.03. The number of hydrogen-bond acceptors (Lipinski definition) is 3. The fourth-order valence-electron chi connectivity index (χ4n) is 4.06. The number of anilines is 2. The molecule has 2 N–H and O–H groups in total. The second-order valence-electron chi connectivity index (χ2n) is 7.07. The van der Waals surface area contributed by atoms with Gasteiger partial charge in [-0.2, -0.15) is 5.01 Å². The summed E-state index contributed by atoms with van der Waals surface area (Å²) in [6.45, 7) is 5.65. The van der Waals surface area contributed by atoms with E-state index >= 15 is 0 Å². The number of urea groups is 1. The van der Waals surface area contributed by atoms with E-state index in [9.17, 15) is 9.18 Å². The maximum absolute atomic E-state index is 13.4. The lowest BCUT2D eigenvalue weighted by molar-refractivity contribution is 0.164. The maximum Gasteiger partial charge on any atom is 0.320 e. The Morgan fingerprint density at radius 1 is 1.18 bits per heavy atom. The van der Waals surface area contributed by atoms with Gasteiger partial charge in [-0.1, -0.05) is 25.1 Å². The first-order valence-electron chi connectivity index (χ1n) is 10.0. The van der Waals surface area contributed by atoms with Crippen molar-refractivity contribution in [1.29, 1.82) is 0 Å². The first-order valence-corrected chi connectivity index (χ1v) is 10.0. The van der Waals surface area contributed by atoms with Gasteiger partial charge in [-0.05, 0) is 68.5 Å². The molecule has 3 rings (SSSR count). The van der Waals surface area contributed by atoms with E-state index in [1.807, 2.05) is 18.2 Å². The summed E-state index contributed by atoms with van der Waals surface area (Å²) >= 11 is 0. The van der Waals surface area contributed by atoms with Crippen LogP contribution in [0.15, 0.2) is 48.5 Å². The van der Waals surface area contributed by atoms with Crippen molar-refractivity contribution in [2.45, 2.75) is 45.7 Å². The average Bonchev–Trinajstić information content (AvgIpc) is 2.88. The number of amides is 2. The van der Waals surface area contributed by atoms with Crippen LogP contribution in [0, 0.1) is 5.82 Å². The molecule has 2 aromatic rings. The summed E-state index contributed by atoms with van der Waals surface area (Å²) in [5.74, 6) is -0.260. The van der Waals surface area contributed by atoms with Crippen LogP contribution in [-0.4, -0.2) is 30.3 Å². The molecule has 0 bridgehead atoms. The Hall–Kier alpha value is -2.60. The van der Waals surface area contributed by atoms with E-state index in [-0.39, 0.29) is 12.0 Å². The van der Waals surface area contributed by atoms with Crippen molar-refractivity contribution in [3.63, 3.8) is 0 Å². The second-order valence-corrected chi connectivity index (χ2v) is 7.07. The van der Waals surface area contributed by atoms with Crippen LogP contribution in [0.3, 0.4) is 0 Å².